The van der Waals surface area contributed by atoms with Crippen LogP contribution in [0.5, 0.6) is 0 Å². The van der Waals surface area contributed by atoms with Gasteiger partial charge < -0.3 is 5.32 Å². The fraction of sp³-hybridized carbons (Fsp3) is 0.588. The van der Waals surface area contributed by atoms with Gasteiger partial charge in [0.25, 0.3) is 0 Å². The Kier molecular flexibility index (Phi) is 5.31. The normalized spacial score (nSPS) is 13.9. The molecule has 1 amide bonds. The van der Waals surface area contributed by atoms with Crippen LogP contribution in [0, 0.1) is 0 Å². The third kappa shape index (κ3) is 5.58. The quantitative estimate of drug-likeness (QED) is 0.838. The van der Waals surface area contributed by atoms with Crippen LogP contribution in [0.15, 0.2) is 29.2 Å². The van der Waals surface area contributed by atoms with E-state index in [2.05, 4.69) is 50.4 Å². The average Bonchev–Trinajstić information content (AvgIpc) is 2.26. The monoisotopic (exact) mass is 293 g/mol. The second-order valence-corrected chi connectivity index (χ2v) is 8.69. The van der Waals surface area contributed by atoms with Gasteiger partial charge in [-0.1, -0.05) is 32.9 Å². The summed E-state index contributed by atoms with van der Waals surface area (Å²) >= 11 is 1.60. The van der Waals surface area contributed by atoms with Crippen LogP contribution in [0.2, 0.25) is 0 Å². The van der Waals surface area contributed by atoms with E-state index in [1.165, 1.54) is 5.56 Å². The van der Waals surface area contributed by atoms with E-state index in [-0.39, 0.29) is 22.1 Å². The minimum absolute atomic E-state index is 0.0856. The number of rotatable bonds is 3. The number of carbonyl (C=O) groups is 1. The van der Waals surface area contributed by atoms with E-state index in [0.717, 1.165) is 4.90 Å². The van der Waals surface area contributed by atoms with Crippen molar-refractivity contribution in [1.82, 2.24) is 5.32 Å². The molecule has 1 aromatic rings. The number of nitrogens with one attached hydrogen (secondary N) is 1. The van der Waals surface area contributed by atoms with Crippen LogP contribution in [0.3, 0.4) is 0 Å². The lowest BCUT2D eigenvalue weighted by atomic mass is 9.87. The van der Waals surface area contributed by atoms with Gasteiger partial charge in [0.15, 0.2) is 0 Å². The Morgan fingerprint density at radius 1 is 1.05 bits per heavy atom. The predicted octanol–water partition coefficient (Wildman–Crippen LogP) is 4.38. The van der Waals surface area contributed by atoms with E-state index in [1.807, 2.05) is 27.7 Å². The minimum atomic E-state index is -0.179. The molecule has 1 atom stereocenters. The third-order valence-corrected chi connectivity index (χ3v) is 4.01. The van der Waals surface area contributed by atoms with Crippen molar-refractivity contribution < 1.29 is 4.79 Å². The third-order valence-electron chi connectivity index (χ3n) is 2.90. The van der Waals surface area contributed by atoms with Crippen molar-refractivity contribution in [2.24, 2.45) is 0 Å². The van der Waals surface area contributed by atoms with Gasteiger partial charge in [-0.25, -0.2) is 0 Å². The molecule has 0 radical (unpaired) electrons. The first-order valence-electron chi connectivity index (χ1n) is 7.08. The van der Waals surface area contributed by atoms with Crippen LogP contribution in [-0.2, 0) is 10.2 Å². The second kappa shape index (κ2) is 6.21. The SMILES string of the molecule is C[C@@H](Sc1ccc(C(C)(C)C)cc1)C(=O)NC(C)(C)C. The Bertz CT molecular complexity index is 451. The van der Waals surface area contributed by atoms with Gasteiger partial charge in [-0.3, -0.25) is 4.79 Å². The molecule has 0 unspecified atom stereocenters. The highest BCUT2D eigenvalue weighted by atomic mass is 32.2. The van der Waals surface area contributed by atoms with Crippen LogP contribution >= 0.6 is 11.8 Å². The van der Waals surface area contributed by atoms with Gasteiger partial charge >= 0.3 is 0 Å². The number of thioether (sulfide) groups is 1. The molecule has 0 saturated carbocycles. The average molecular weight is 293 g/mol. The Labute approximate surface area is 127 Å². The molecule has 0 heterocycles. The molecule has 1 aromatic carbocycles. The lowest BCUT2D eigenvalue weighted by Crippen LogP contribution is -2.44. The van der Waals surface area contributed by atoms with E-state index >= 15 is 0 Å². The first kappa shape index (κ1) is 17.1. The Balaban J connectivity index is 2.67. The zero-order chi connectivity index (χ0) is 15.6. The molecule has 0 aliphatic rings. The standard InChI is InChI=1S/C17H27NOS/c1-12(15(19)18-17(5,6)7)20-14-10-8-13(9-11-14)16(2,3)4/h8-12H,1-7H3,(H,18,19)/t12-/m1/s1. The molecule has 0 aliphatic carbocycles. The van der Waals surface area contributed by atoms with Crippen molar-refractivity contribution in [3.05, 3.63) is 29.8 Å². The fourth-order valence-electron chi connectivity index (χ4n) is 1.76. The van der Waals surface area contributed by atoms with E-state index in [4.69, 9.17) is 0 Å². The van der Waals surface area contributed by atoms with Gasteiger partial charge in [0.1, 0.15) is 0 Å². The summed E-state index contributed by atoms with van der Waals surface area (Å²) < 4.78 is 0. The van der Waals surface area contributed by atoms with E-state index in [9.17, 15) is 4.79 Å². The molecule has 1 rings (SSSR count). The van der Waals surface area contributed by atoms with Crippen LogP contribution in [-0.4, -0.2) is 16.7 Å². The molecule has 20 heavy (non-hydrogen) atoms. The first-order valence-corrected chi connectivity index (χ1v) is 7.96. The Morgan fingerprint density at radius 3 is 1.95 bits per heavy atom. The number of carbonyl (C=O) groups excluding carboxylic acids is 1. The van der Waals surface area contributed by atoms with Crippen LogP contribution in [0.1, 0.15) is 54.0 Å². The summed E-state index contributed by atoms with van der Waals surface area (Å²) in [6, 6.07) is 8.51. The highest BCUT2D eigenvalue weighted by Crippen LogP contribution is 2.28. The number of amides is 1. The molecular weight excluding hydrogens is 266 g/mol. The molecule has 1 N–H and O–H groups in total. The lowest BCUT2D eigenvalue weighted by molar-refractivity contribution is -0.121. The van der Waals surface area contributed by atoms with E-state index < -0.39 is 0 Å². The van der Waals surface area contributed by atoms with Gasteiger partial charge in [0.05, 0.1) is 5.25 Å². The molecular formula is C17H27NOS. The van der Waals surface area contributed by atoms with Crippen LogP contribution in [0.4, 0.5) is 0 Å². The van der Waals surface area contributed by atoms with Gasteiger partial charge in [0.2, 0.25) is 5.91 Å². The first-order chi connectivity index (χ1) is 8.99. The summed E-state index contributed by atoms with van der Waals surface area (Å²) in [6.07, 6.45) is 0. The summed E-state index contributed by atoms with van der Waals surface area (Å²) in [5.41, 5.74) is 1.30. The summed E-state index contributed by atoms with van der Waals surface area (Å²) in [6.45, 7) is 14.6. The van der Waals surface area contributed by atoms with Gasteiger partial charge in [-0.05, 0) is 50.8 Å². The number of hydrogen-bond donors (Lipinski definition) is 1. The highest BCUT2D eigenvalue weighted by Gasteiger charge is 2.20. The molecule has 0 aliphatic heterocycles. The molecule has 0 spiro atoms. The lowest BCUT2D eigenvalue weighted by Gasteiger charge is -2.23. The topological polar surface area (TPSA) is 29.1 Å². The summed E-state index contributed by atoms with van der Waals surface area (Å²) in [5, 5.41) is 2.93. The van der Waals surface area contributed by atoms with Crippen LogP contribution in [0.25, 0.3) is 0 Å². The summed E-state index contributed by atoms with van der Waals surface area (Å²) in [5.74, 6) is 0.0856. The molecule has 2 nitrogen and oxygen atoms in total. The second-order valence-electron chi connectivity index (χ2n) is 7.27. The minimum Gasteiger partial charge on any atom is -0.351 e. The molecule has 3 heteroatoms. The Hall–Kier alpha value is -0.960. The summed E-state index contributed by atoms with van der Waals surface area (Å²) in [4.78, 5) is 13.2. The van der Waals surface area contributed by atoms with Gasteiger partial charge in [-0.15, -0.1) is 11.8 Å². The van der Waals surface area contributed by atoms with Crippen molar-refractivity contribution in [2.75, 3.05) is 0 Å². The maximum atomic E-state index is 12.1. The van der Waals surface area contributed by atoms with Crippen molar-refractivity contribution in [1.29, 1.82) is 0 Å². The predicted molar refractivity (Wildman–Crippen MR) is 88.4 cm³/mol. The maximum absolute atomic E-state index is 12.1. The maximum Gasteiger partial charge on any atom is 0.233 e. The van der Waals surface area contributed by atoms with Crippen molar-refractivity contribution in [3.8, 4) is 0 Å². The molecule has 0 aromatic heterocycles. The fourth-order valence-corrected chi connectivity index (χ4v) is 2.63. The van der Waals surface area contributed by atoms with Gasteiger partial charge in [0, 0.05) is 10.4 Å². The molecule has 112 valence electrons. The van der Waals surface area contributed by atoms with Crippen molar-refractivity contribution >= 4 is 17.7 Å². The molecule has 0 bridgehead atoms. The zero-order valence-electron chi connectivity index (χ0n) is 13.7. The van der Waals surface area contributed by atoms with E-state index in [1.54, 1.807) is 11.8 Å². The number of hydrogen-bond acceptors (Lipinski definition) is 2. The smallest absolute Gasteiger partial charge is 0.233 e. The number of benzene rings is 1. The van der Waals surface area contributed by atoms with Gasteiger partial charge in [-0.2, -0.15) is 0 Å². The van der Waals surface area contributed by atoms with Crippen LogP contribution < -0.4 is 5.32 Å². The highest BCUT2D eigenvalue weighted by molar-refractivity contribution is 8.00. The largest absolute Gasteiger partial charge is 0.351 e. The van der Waals surface area contributed by atoms with Crippen molar-refractivity contribution in [2.45, 2.75) is 69.6 Å². The summed E-state index contributed by atoms with van der Waals surface area (Å²) in [7, 11) is 0. The molecule has 0 saturated heterocycles. The van der Waals surface area contributed by atoms with Crippen molar-refractivity contribution in [3.63, 3.8) is 0 Å². The molecule has 0 fully saturated rings. The zero-order valence-corrected chi connectivity index (χ0v) is 14.5. The Morgan fingerprint density at radius 2 is 1.55 bits per heavy atom. The van der Waals surface area contributed by atoms with E-state index in [0.29, 0.717) is 0 Å².